The molecular weight excluding hydrogens is 228 g/mol. The Balaban J connectivity index is 2.51. The quantitative estimate of drug-likeness (QED) is 0.637. The van der Waals surface area contributed by atoms with E-state index in [9.17, 15) is 4.79 Å². The van der Waals surface area contributed by atoms with Crippen molar-refractivity contribution in [1.29, 1.82) is 0 Å². The van der Waals surface area contributed by atoms with Gasteiger partial charge in [0.25, 0.3) is 0 Å². The Labute approximate surface area is 111 Å². The zero-order chi connectivity index (χ0) is 13.5. The van der Waals surface area contributed by atoms with Gasteiger partial charge in [0.05, 0.1) is 6.61 Å². The van der Waals surface area contributed by atoms with Crippen molar-refractivity contribution in [3.8, 4) is 0 Å². The maximum Gasteiger partial charge on any atom is 0.324 e. The van der Waals surface area contributed by atoms with E-state index in [-0.39, 0.29) is 12.0 Å². The predicted molar refractivity (Wildman–Crippen MR) is 73.5 cm³/mol. The molecular formula is C14H28N2O2. The normalized spacial score (nSPS) is 17.2. The van der Waals surface area contributed by atoms with Gasteiger partial charge in [0, 0.05) is 19.1 Å². The third kappa shape index (κ3) is 5.36. The molecule has 0 aliphatic heterocycles. The number of carbonyl (C=O) groups excluding carboxylic acids is 1. The van der Waals surface area contributed by atoms with Gasteiger partial charge in [0.1, 0.15) is 6.04 Å². The minimum absolute atomic E-state index is 0.124. The molecule has 0 bridgehead atoms. The molecule has 1 atom stereocenters. The molecule has 1 N–H and O–H groups in total. The maximum atomic E-state index is 11.9. The molecule has 4 heteroatoms. The van der Waals surface area contributed by atoms with E-state index in [1.807, 2.05) is 13.8 Å². The Morgan fingerprint density at radius 2 is 2.06 bits per heavy atom. The topological polar surface area (TPSA) is 41.6 Å². The summed E-state index contributed by atoms with van der Waals surface area (Å²) in [4.78, 5) is 14.3. The molecule has 18 heavy (non-hydrogen) atoms. The van der Waals surface area contributed by atoms with Gasteiger partial charge >= 0.3 is 5.97 Å². The van der Waals surface area contributed by atoms with E-state index in [1.54, 1.807) is 0 Å². The number of esters is 1. The van der Waals surface area contributed by atoms with Crippen molar-refractivity contribution in [2.45, 2.75) is 52.6 Å². The molecule has 0 saturated heterocycles. The highest BCUT2D eigenvalue weighted by Gasteiger charge is 2.29. The number of rotatable bonds is 9. The van der Waals surface area contributed by atoms with Gasteiger partial charge < -0.3 is 10.1 Å². The fourth-order valence-electron chi connectivity index (χ4n) is 2.07. The summed E-state index contributed by atoms with van der Waals surface area (Å²) in [6, 6.07) is 0.275. The molecule has 1 fully saturated rings. The van der Waals surface area contributed by atoms with Gasteiger partial charge in [0.15, 0.2) is 0 Å². The SMILES string of the molecule is CCNC(CN(CC1CC1)C(C)C)C(=O)OCC. The number of carbonyl (C=O) groups is 1. The molecule has 1 aliphatic rings. The van der Waals surface area contributed by atoms with Gasteiger partial charge in [0.2, 0.25) is 0 Å². The minimum atomic E-state index is -0.198. The molecule has 0 spiro atoms. The summed E-state index contributed by atoms with van der Waals surface area (Å²) in [6.45, 7) is 11.4. The smallest absolute Gasteiger partial charge is 0.324 e. The summed E-state index contributed by atoms with van der Waals surface area (Å²) in [5, 5.41) is 3.23. The van der Waals surface area contributed by atoms with Gasteiger partial charge in [-0.2, -0.15) is 0 Å². The number of nitrogens with one attached hydrogen (secondary N) is 1. The van der Waals surface area contributed by atoms with Crippen LogP contribution in [0.4, 0.5) is 0 Å². The summed E-state index contributed by atoms with van der Waals surface area (Å²) in [6.07, 6.45) is 2.68. The summed E-state index contributed by atoms with van der Waals surface area (Å²) < 4.78 is 5.13. The molecule has 1 aliphatic carbocycles. The maximum absolute atomic E-state index is 11.9. The van der Waals surface area contributed by atoms with Gasteiger partial charge in [-0.3, -0.25) is 9.69 Å². The molecule has 1 unspecified atom stereocenters. The largest absolute Gasteiger partial charge is 0.465 e. The first-order valence-corrected chi connectivity index (χ1v) is 7.22. The fourth-order valence-corrected chi connectivity index (χ4v) is 2.07. The van der Waals surface area contributed by atoms with Crippen LogP contribution < -0.4 is 5.32 Å². The highest BCUT2D eigenvalue weighted by Crippen LogP contribution is 2.30. The number of likely N-dealkylation sites (N-methyl/N-ethyl adjacent to an activating group) is 1. The summed E-state index contributed by atoms with van der Waals surface area (Å²) in [5.41, 5.74) is 0. The molecule has 0 radical (unpaired) electrons. The summed E-state index contributed by atoms with van der Waals surface area (Å²) >= 11 is 0. The van der Waals surface area contributed by atoms with Crippen LogP contribution in [0.3, 0.4) is 0 Å². The van der Waals surface area contributed by atoms with Gasteiger partial charge in [-0.15, -0.1) is 0 Å². The molecule has 0 aromatic rings. The monoisotopic (exact) mass is 256 g/mol. The van der Waals surface area contributed by atoms with Crippen LogP contribution in [0.15, 0.2) is 0 Å². The van der Waals surface area contributed by atoms with Gasteiger partial charge in [-0.25, -0.2) is 0 Å². The number of hydrogen-bond donors (Lipinski definition) is 1. The van der Waals surface area contributed by atoms with Crippen molar-refractivity contribution in [3.63, 3.8) is 0 Å². The highest BCUT2D eigenvalue weighted by atomic mass is 16.5. The first kappa shape index (κ1) is 15.4. The van der Waals surface area contributed by atoms with Crippen molar-refractivity contribution in [1.82, 2.24) is 10.2 Å². The first-order chi connectivity index (χ1) is 8.58. The van der Waals surface area contributed by atoms with Crippen molar-refractivity contribution in [3.05, 3.63) is 0 Å². The zero-order valence-electron chi connectivity index (χ0n) is 12.2. The Morgan fingerprint density at radius 1 is 1.39 bits per heavy atom. The lowest BCUT2D eigenvalue weighted by molar-refractivity contribution is -0.146. The average Bonchev–Trinajstić information content (AvgIpc) is 3.11. The number of ether oxygens (including phenoxy) is 1. The van der Waals surface area contributed by atoms with Gasteiger partial charge in [-0.1, -0.05) is 6.92 Å². The van der Waals surface area contributed by atoms with E-state index < -0.39 is 0 Å². The van der Waals surface area contributed by atoms with Crippen LogP contribution in [0.2, 0.25) is 0 Å². The van der Waals surface area contributed by atoms with E-state index in [2.05, 4.69) is 24.1 Å². The molecule has 0 amide bonds. The number of hydrogen-bond acceptors (Lipinski definition) is 4. The Kier molecular flexibility index (Phi) is 6.65. The molecule has 1 saturated carbocycles. The molecule has 0 aromatic heterocycles. The average molecular weight is 256 g/mol. The van der Waals surface area contributed by atoms with E-state index >= 15 is 0 Å². The van der Waals surface area contributed by atoms with Crippen molar-refractivity contribution in [2.75, 3.05) is 26.2 Å². The number of nitrogens with zero attached hydrogens (tertiary/aromatic N) is 1. The predicted octanol–water partition coefficient (Wildman–Crippen LogP) is 1.65. The molecule has 0 heterocycles. The van der Waals surface area contributed by atoms with Crippen LogP contribution in [-0.4, -0.2) is 49.2 Å². The minimum Gasteiger partial charge on any atom is -0.465 e. The second-order valence-electron chi connectivity index (χ2n) is 5.35. The van der Waals surface area contributed by atoms with E-state index in [1.165, 1.54) is 12.8 Å². The molecule has 106 valence electrons. The lowest BCUT2D eigenvalue weighted by Gasteiger charge is -2.30. The highest BCUT2D eigenvalue weighted by molar-refractivity contribution is 5.76. The zero-order valence-corrected chi connectivity index (χ0v) is 12.2. The van der Waals surface area contributed by atoms with E-state index in [0.29, 0.717) is 12.6 Å². The molecule has 4 nitrogen and oxygen atoms in total. The van der Waals surface area contributed by atoms with Gasteiger partial charge in [-0.05, 0) is 46.1 Å². The lowest BCUT2D eigenvalue weighted by Crippen LogP contribution is -2.49. The van der Waals surface area contributed by atoms with Crippen molar-refractivity contribution in [2.24, 2.45) is 5.92 Å². The second-order valence-corrected chi connectivity index (χ2v) is 5.35. The van der Waals surface area contributed by atoms with Crippen LogP contribution in [0.1, 0.15) is 40.5 Å². The third-order valence-corrected chi connectivity index (χ3v) is 3.36. The Bertz CT molecular complexity index is 252. The molecule has 1 rings (SSSR count). The van der Waals surface area contributed by atoms with Crippen LogP contribution in [0, 0.1) is 5.92 Å². The van der Waals surface area contributed by atoms with E-state index in [4.69, 9.17) is 4.74 Å². The lowest BCUT2D eigenvalue weighted by atomic mass is 10.2. The molecule has 0 aromatic carbocycles. The van der Waals surface area contributed by atoms with Crippen molar-refractivity contribution < 1.29 is 9.53 Å². The summed E-state index contributed by atoms with van der Waals surface area (Å²) in [7, 11) is 0. The Morgan fingerprint density at radius 3 is 2.50 bits per heavy atom. The van der Waals surface area contributed by atoms with Crippen LogP contribution >= 0.6 is 0 Å². The Hall–Kier alpha value is -0.610. The van der Waals surface area contributed by atoms with Crippen LogP contribution in [-0.2, 0) is 9.53 Å². The van der Waals surface area contributed by atoms with Crippen molar-refractivity contribution >= 4 is 5.97 Å². The van der Waals surface area contributed by atoms with E-state index in [0.717, 1.165) is 25.6 Å². The third-order valence-electron chi connectivity index (χ3n) is 3.36. The fraction of sp³-hybridized carbons (Fsp3) is 0.929. The van der Waals surface area contributed by atoms with Crippen LogP contribution in [0.25, 0.3) is 0 Å². The summed E-state index contributed by atoms with van der Waals surface area (Å²) in [5.74, 6) is 0.720. The standard InChI is InChI=1S/C14H28N2O2/c1-5-15-13(14(17)18-6-2)10-16(11(3)4)9-12-7-8-12/h11-13,15H,5-10H2,1-4H3. The van der Waals surface area contributed by atoms with Crippen LogP contribution in [0.5, 0.6) is 0 Å². The second kappa shape index (κ2) is 7.74. The first-order valence-electron chi connectivity index (χ1n) is 7.22.